The SMILES string of the molecule is Cn1c(=O)ccn(C2O[C@H](CO)[C@@H](O)[C@@H]2O)c1=O. The average Bonchev–Trinajstić information content (AvgIpc) is 2.64. The molecule has 0 radical (unpaired) electrons. The van der Waals surface area contributed by atoms with Crippen molar-refractivity contribution in [3.8, 4) is 0 Å². The van der Waals surface area contributed by atoms with Crippen molar-refractivity contribution in [2.75, 3.05) is 6.61 Å². The van der Waals surface area contributed by atoms with E-state index < -0.39 is 42.4 Å². The number of aromatic nitrogens is 2. The van der Waals surface area contributed by atoms with Crippen LogP contribution < -0.4 is 11.2 Å². The van der Waals surface area contributed by atoms with E-state index in [1.54, 1.807) is 0 Å². The van der Waals surface area contributed by atoms with Crippen LogP contribution in [0.5, 0.6) is 0 Å². The fraction of sp³-hybridized carbons (Fsp3) is 0.600. The molecular formula is C10H14N2O6. The molecule has 0 spiro atoms. The second kappa shape index (κ2) is 4.65. The number of rotatable bonds is 2. The molecule has 8 nitrogen and oxygen atoms in total. The van der Waals surface area contributed by atoms with Gasteiger partial charge in [0.2, 0.25) is 0 Å². The van der Waals surface area contributed by atoms with Crippen LogP contribution in [0, 0.1) is 0 Å². The van der Waals surface area contributed by atoms with Gasteiger partial charge in [-0.25, -0.2) is 4.79 Å². The average molecular weight is 258 g/mol. The summed E-state index contributed by atoms with van der Waals surface area (Å²) in [5.41, 5.74) is -1.15. The van der Waals surface area contributed by atoms with E-state index >= 15 is 0 Å². The lowest BCUT2D eigenvalue weighted by Crippen LogP contribution is -2.41. The van der Waals surface area contributed by atoms with Gasteiger partial charge >= 0.3 is 5.69 Å². The molecule has 1 aliphatic heterocycles. The van der Waals surface area contributed by atoms with Gasteiger partial charge in [-0.05, 0) is 0 Å². The van der Waals surface area contributed by atoms with Gasteiger partial charge in [-0.2, -0.15) is 0 Å². The fourth-order valence-electron chi connectivity index (χ4n) is 1.89. The molecule has 1 aliphatic rings. The van der Waals surface area contributed by atoms with Gasteiger partial charge in [0, 0.05) is 19.3 Å². The lowest BCUT2D eigenvalue weighted by atomic mass is 10.1. The van der Waals surface area contributed by atoms with Crippen LogP contribution in [0.3, 0.4) is 0 Å². The second-order valence-electron chi connectivity index (χ2n) is 4.13. The zero-order chi connectivity index (χ0) is 13.4. The zero-order valence-corrected chi connectivity index (χ0v) is 9.63. The lowest BCUT2D eigenvalue weighted by molar-refractivity contribution is -0.0555. The Morgan fingerprint density at radius 1 is 1.33 bits per heavy atom. The van der Waals surface area contributed by atoms with Gasteiger partial charge in [0.25, 0.3) is 5.56 Å². The topological polar surface area (TPSA) is 114 Å². The third-order valence-corrected chi connectivity index (χ3v) is 3.01. The van der Waals surface area contributed by atoms with Crippen LogP contribution in [0.25, 0.3) is 0 Å². The van der Waals surface area contributed by atoms with Crippen molar-refractivity contribution in [2.24, 2.45) is 7.05 Å². The molecule has 3 N–H and O–H groups in total. The molecule has 100 valence electrons. The van der Waals surface area contributed by atoms with Gasteiger partial charge in [-0.1, -0.05) is 0 Å². The first kappa shape index (κ1) is 13.0. The van der Waals surface area contributed by atoms with Crippen molar-refractivity contribution in [1.29, 1.82) is 0 Å². The molecule has 4 atom stereocenters. The quantitative estimate of drug-likeness (QED) is 0.526. The van der Waals surface area contributed by atoms with Crippen molar-refractivity contribution in [3.63, 3.8) is 0 Å². The van der Waals surface area contributed by atoms with Crippen molar-refractivity contribution in [2.45, 2.75) is 24.5 Å². The summed E-state index contributed by atoms with van der Waals surface area (Å²) in [6, 6.07) is 1.15. The van der Waals surface area contributed by atoms with Gasteiger partial charge in [-0.15, -0.1) is 0 Å². The minimum Gasteiger partial charge on any atom is -0.394 e. The van der Waals surface area contributed by atoms with Gasteiger partial charge in [0.1, 0.15) is 18.3 Å². The van der Waals surface area contributed by atoms with E-state index in [9.17, 15) is 19.8 Å². The number of aliphatic hydroxyl groups is 3. The number of hydrogen-bond acceptors (Lipinski definition) is 6. The largest absolute Gasteiger partial charge is 0.394 e. The molecule has 0 bridgehead atoms. The van der Waals surface area contributed by atoms with Crippen LogP contribution in [-0.2, 0) is 11.8 Å². The van der Waals surface area contributed by atoms with Gasteiger partial charge in [0.05, 0.1) is 6.61 Å². The summed E-state index contributed by atoms with van der Waals surface area (Å²) in [7, 11) is 1.29. The molecule has 1 aromatic rings. The summed E-state index contributed by atoms with van der Waals surface area (Å²) in [6.45, 7) is -0.477. The number of aliphatic hydroxyl groups excluding tert-OH is 3. The highest BCUT2D eigenvalue weighted by Crippen LogP contribution is 2.27. The van der Waals surface area contributed by atoms with Gasteiger partial charge < -0.3 is 20.1 Å². The Balaban J connectivity index is 2.42. The van der Waals surface area contributed by atoms with E-state index in [4.69, 9.17) is 9.84 Å². The molecule has 0 aliphatic carbocycles. The van der Waals surface area contributed by atoms with Crippen molar-refractivity contribution < 1.29 is 20.1 Å². The predicted octanol–water partition coefficient (Wildman–Crippen LogP) is -2.84. The standard InChI is InChI=1S/C10H14N2O6/c1-11-6(14)2-3-12(10(11)17)9-8(16)7(15)5(4-13)18-9/h2-3,5,7-9,13,15-16H,4H2,1H3/t5-,7-,8+,9?/m1/s1. The number of hydrogen-bond donors (Lipinski definition) is 3. The Labute approximate surface area is 101 Å². The Bertz CT molecular complexity index is 550. The van der Waals surface area contributed by atoms with Gasteiger partial charge in [0.15, 0.2) is 6.23 Å². The molecular weight excluding hydrogens is 244 g/mol. The second-order valence-corrected chi connectivity index (χ2v) is 4.13. The van der Waals surface area contributed by atoms with Crippen molar-refractivity contribution in [3.05, 3.63) is 33.1 Å². The van der Waals surface area contributed by atoms with E-state index in [1.807, 2.05) is 0 Å². The molecule has 0 saturated carbocycles. The van der Waals surface area contributed by atoms with Crippen LogP contribution >= 0.6 is 0 Å². The van der Waals surface area contributed by atoms with E-state index in [1.165, 1.54) is 13.2 Å². The van der Waals surface area contributed by atoms with E-state index in [0.717, 1.165) is 15.2 Å². The maximum absolute atomic E-state index is 11.8. The zero-order valence-electron chi connectivity index (χ0n) is 9.63. The molecule has 1 aromatic heterocycles. The summed E-state index contributed by atoms with van der Waals surface area (Å²) in [5.74, 6) is 0. The van der Waals surface area contributed by atoms with Crippen molar-refractivity contribution >= 4 is 0 Å². The van der Waals surface area contributed by atoms with Crippen molar-refractivity contribution in [1.82, 2.24) is 9.13 Å². The van der Waals surface area contributed by atoms with Crippen LogP contribution in [-0.4, -0.2) is 49.4 Å². The van der Waals surface area contributed by atoms with Crippen LogP contribution in [0.2, 0.25) is 0 Å². The summed E-state index contributed by atoms with van der Waals surface area (Å²) >= 11 is 0. The highest BCUT2D eigenvalue weighted by molar-refractivity contribution is 4.93. The van der Waals surface area contributed by atoms with E-state index in [-0.39, 0.29) is 0 Å². The molecule has 0 amide bonds. The molecule has 1 fully saturated rings. The summed E-state index contributed by atoms with van der Waals surface area (Å²) in [4.78, 5) is 23.0. The normalized spacial score (nSPS) is 31.8. The number of ether oxygens (including phenoxy) is 1. The third-order valence-electron chi connectivity index (χ3n) is 3.01. The Hall–Kier alpha value is -1.48. The predicted molar refractivity (Wildman–Crippen MR) is 59.0 cm³/mol. The molecule has 2 heterocycles. The highest BCUT2D eigenvalue weighted by atomic mass is 16.6. The Morgan fingerprint density at radius 3 is 2.56 bits per heavy atom. The Morgan fingerprint density at radius 2 is 2.00 bits per heavy atom. The van der Waals surface area contributed by atoms with Gasteiger partial charge in [-0.3, -0.25) is 13.9 Å². The first-order valence-corrected chi connectivity index (χ1v) is 5.38. The monoisotopic (exact) mass is 258 g/mol. The molecule has 18 heavy (non-hydrogen) atoms. The highest BCUT2D eigenvalue weighted by Gasteiger charge is 2.43. The van der Waals surface area contributed by atoms with Crippen LogP contribution in [0.1, 0.15) is 6.23 Å². The third kappa shape index (κ3) is 1.89. The molecule has 2 rings (SSSR count). The Kier molecular flexibility index (Phi) is 3.35. The first-order chi connectivity index (χ1) is 8.47. The fourth-order valence-corrected chi connectivity index (χ4v) is 1.89. The number of nitrogens with zero attached hydrogens (tertiary/aromatic N) is 2. The molecule has 8 heteroatoms. The minimum atomic E-state index is -1.35. The van der Waals surface area contributed by atoms with Crippen LogP contribution in [0.4, 0.5) is 0 Å². The molecule has 1 unspecified atom stereocenters. The maximum atomic E-state index is 11.8. The smallest absolute Gasteiger partial charge is 0.332 e. The minimum absolute atomic E-state index is 0.477. The summed E-state index contributed by atoms with van der Waals surface area (Å²) in [5, 5.41) is 28.3. The lowest BCUT2D eigenvalue weighted by Gasteiger charge is -2.17. The molecule has 0 aromatic carbocycles. The maximum Gasteiger partial charge on any atom is 0.332 e. The molecule has 1 saturated heterocycles. The summed E-state index contributed by atoms with van der Waals surface area (Å²) in [6.07, 6.45) is -3.54. The first-order valence-electron chi connectivity index (χ1n) is 5.38. The van der Waals surface area contributed by atoms with E-state index in [0.29, 0.717) is 0 Å². The van der Waals surface area contributed by atoms with Crippen LogP contribution in [0.15, 0.2) is 21.9 Å². The summed E-state index contributed by atoms with van der Waals surface area (Å²) < 4.78 is 7.06. The van der Waals surface area contributed by atoms with E-state index in [2.05, 4.69) is 0 Å².